The summed E-state index contributed by atoms with van der Waals surface area (Å²) < 4.78 is 27.7. The lowest BCUT2D eigenvalue weighted by molar-refractivity contribution is 0.0942. The average Bonchev–Trinajstić information content (AvgIpc) is 2.66. The van der Waals surface area contributed by atoms with Gasteiger partial charge in [-0.15, -0.1) is 0 Å². The van der Waals surface area contributed by atoms with E-state index in [0.717, 1.165) is 11.8 Å². The van der Waals surface area contributed by atoms with Crippen LogP contribution in [0, 0.1) is 18.6 Å². The Balaban J connectivity index is 2.06. The summed E-state index contributed by atoms with van der Waals surface area (Å²) in [6.07, 6.45) is 0. The van der Waals surface area contributed by atoms with Crippen molar-refractivity contribution in [2.24, 2.45) is 7.05 Å². The van der Waals surface area contributed by atoms with Gasteiger partial charge in [-0.3, -0.25) is 4.79 Å². The molecule has 0 atom stereocenters. The molecule has 0 fully saturated rings. The second-order valence-corrected chi connectivity index (χ2v) is 4.38. The Bertz CT molecular complexity index is 600. The van der Waals surface area contributed by atoms with E-state index in [1.54, 1.807) is 17.7 Å². The molecule has 2 rings (SSSR count). The number of aromatic nitrogens is 1. The van der Waals surface area contributed by atoms with Crippen LogP contribution in [-0.4, -0.2) is 10.5 Å². The number of rotatable bonds is 3. The molecule has 0 aliphatic heterocycles. The zero-order valence-electron chi connectivity index (χ0n) is 10.7. The van der Waals surface area contributed by atoms with Crippen LogP contribution in [0.1, 0.15) is 21.7 Å². The average molecular weight is 264 g/mol. The van der Waals surface area contributed by atoms with Gasteiger partial charge in [0, 0.05) is 25.4 Å². The van der Waals surface area contributed by atoms with Gasteiger partial charge in [-0.05, 0) is 36.8 Å². The van der Waals surface area contributed by atoms with E-state index in [1.807, 2.05) is 13.0 Å². The van der Waals surface area contributed by atoms with Crippen molar-refractivity contribution in [2.45, 2.75) is 13.5 Å². The summed E-state index contributed by atoms with van der Waals surface area (Å²) >= 11 is 0. The summed E-state index contributed by atoms with van der Waals surface area (Å²) in [5.41, 5.74) is 1.85. The number of carbonyl (C=O) groups excluding carboxylic acids is 1. The smallest absolute Gasteiger partial charge is 0.268 e. The van der Waals surface area contributed by atoms with Gasteiger partial charge >= 0.3 is 0 Å². The van der Waals surface area contributed by atoms with Gasteiger partial charge in [-0.1, -0.05) is 0 Å². The topological polar surface area (TPSA) is 34.0 Å². The molecule has 0 aliphatic rings. The number of amides is 1. The van der Waals surface area contributed by atoms with Crippen LogP contribution >= 0.6 is 0 Å². The van der Waals surface area contributed by atoms with Crippen LogP contribution in [0.15, 0.2) is 30.3 Å². The quantitative estimate of drug-likeness (QED) is 0.908. The van der Waals surface area contributed by atoms with E-state index in [2.05, 4.69) is 5.32 Å². The number of benzene rings is 1. The number of carbonyl (C=O) groups is 1. The highest BCUT2D eigenvalue weighted by Gasteiger charge is 2.10. The molecule has 5 heteroatoms. The molecule has 0 radical (unpaired) electrons. The lowest BCUT2D eigenvalue weighted by Gasteiger charge is -2.07. The zero-order chi connectivity index (χ0) is 14.0. The third kappa shape index (κ3) is 2.99. The maximum Gasteiger partial charge on any atom is 0.268 e. The zero-order valence-corrected chi connectivity index (χ0v) is 10.7. The van der Waals surface area contributed by atoms with Gasteiger partial charge in [-0.2, -0.15) is 0 Å². The molecule has 0 saturated carbocycles. The van der Waals surface area contributed by atoms with Crippen molar-refractivity contribution in [1.82, 2.24) is 9.88 Å². The second-order valence-electron chi connectivity index (χ2n) is 4.38. The van der Waals surface area contributed by atoms with Crippen molar-refractivity contribution < 1.29 is 13.6 Å². The maximum absolute atomic E-state index is 13.0. The number of hydrogen-bond acceptors (Lipinski definition) is 1. The molecule has 1 aromatic heterocycles. The molecule has 100 valence electrons. The molecule has 0 bridgehead atoms. The first-order chi connectivity index (χ1) is 8.97. The van der Waals surface area contributed by atoms with E-state index in [0.29, 0.717) is 11.3 Å². The summed E-state index contributed by atoms with van der Waals surface area (Å²) in [6, 6.07) is 6.72. The normalized spacial score (nSPS) is 10.5. The number of aryl methyl sites for hydroxylation is 1. The molecule has 1 amide bonds. The molecule has 19 heavy (non-hydrogen) atoms. The van der Waals surface area contributed by atoms with E-state index in [-0.39, 0.29) is 12.5 Å². The molecular weight excluding hydrogens is 250 g/mol. The molecule has 0 aliphatic carbocycles. The van der Waals surface area contributed by atoms with Gasteiger partial charge in [0.2, 0.25) is 0 Å². The highest BCUT2D eigenvalue weighted by atomic mass is 19.1. The minimum absolute atomic E-state index is 0.0811. The first-order valence-corrected chi connectivity index (χ1v) is 5.83. The van der Waals surface area contributed by atoms with Gasteiger partial charge < -0.3 is 9.88 Å². The minimum atomic E-state index is -0.654. The Morgan fingerprint density at radius 1 is 1.21 bits per heavy atom. The summed E-state index contributed by atoms with van der Waals surface area (Å²) in [5, 5.41) is 2.63. The number of halogens is 2. The maximum atomic E-state index is 13.0. The van der Waals surface area contributed by atoms with Crippen molar-refractivity contribution in [3.63, 3.8) is 0 Å². The van der Waals surface area contributed by atoms with Crippen molar-refractivity contribution in [3.8, 4) is 0 Å². The van der Waals surface area contributed by atoms with Crippen molar-refractivity contribution in [1.29, 1.82) is 0 Å². The van der Waals surface area contributed by atoms with Crippen molar-refractivity contribution >= 4 is 5.91 Å². The first-order valence-electron chi connectivity index (χ1n) is 5.83. The van der Waals surface area contributed by atoms with E-state index in [4.69, 9.17) is 0 Å². The van der Waals surface area contributed by atoms with Crippen LogP contribution in [0.5, 0.6) is 0 Å². The monoisotopic (exact) mass is 264 g/mol. The Labute approximate surface area is 109 Å². The largest absolute Gasteiger partial charge is 0.347 e. The molecule has 0 saturated heterocycles. The molecule has 0 spiro atoms. The van der Waals surface area contributed by atoms with E-state index < -0.39 is 11.6 Å². The molecule has 1 N–H and O–H groups in total. The van der Waals surface area contributed by atoms with Crippen LogP contribution in [-0.2, 0) is 13.6 Å². The minimum Gasteiger partial charge on any atom is -0.347 e. The van der Waals surface area contributed by atoms with Crippen LogP contribution in [0.25, 0.3) is 0 Å². The molecule has 3 nitrogen and oxygen atoms in total. The van der Waals surface area contributed by atoms with Crippen LogP contribution in [0.3, 0.4) is 0 Å². The molecule has 1 aromatic carbocycles. The number of nitrogens with one attached hydrogen (secondary N) is 1. The fraction of sp³-hybridized carbons (Fsp3) is 0.214. The second kappa shape index (κ2) is 5.22. The van der Waals surface area contributed by atoms with Crippen LogP contribution in [0.2, 0.25) is 0 Å². The summed E-state index contributed by atoms with van der Waals surface area (Å²) in [7, 11) is 1.78. The fourth-order valence-electron chi connectivity index (χ4n) is 1.83. The van der Waals surface area contributed by atoms with Crippen LogP contribution < -0.4 is 5.32 Å². The third-order valence-electron chi connectivity index (χ3n) is 2.98. The van der Waals surface area contributed by atoms with E-state index in [1.165, 1.54) is 12.1 Å². The predicted octanol–water partition coefficient (Wildman–Crippen LogP) is 2.54. The Hall–Kier alpha value is -2.17. The molecule has 0 unspecified atom stereocenters. The van der Waals surface area contributed by atoms with Gasteiger partial charge in [0.05, 0.1) is 0 Å². The SMILES string of the molecule is Cc1ccc(C(=O)NCc2cc(F)cc(F)c2)n1C. The van der Waals surface area contributed by atoms with Crippen LogP contribution in [0.4, 0.5) is 8.78 Å². The van der Waals surface area contributed by atoms with Crippen molar-refractivity contribution in [2.75, 3.05) is 0 Å². The number of nitrogens with zero attached hydrogens (tertiary/aromatic N) is 1. The predicted molar refractivity (Wildman–Crippen MR) is 67.7 cm³/mol. The molecular formula is C14H14F2N2O. The lowest BCUT2D eigenvalue weighted by Crippen LogP contribution is -2.25. The number of hydrogen-bond donors (Lipinski definition) is 1. The van der Waals surface area contributed by atoms with Gasteiger partial charge in [-0.25, -0.2) is 8.78 Å². The highest BCUT2D eigenvalue weighted by Crippen LogP contribution is 2.09. The van der Waals surface area contributed by atoms with E-state index in [9.17, 15) is 13.6 Å². The van der Waals surface area contributed by atoms with Crippen molar-refractivity contribution in [3.05, 3.63) is 58.9 Å². The first kappa shape index (κ1) is 13.3. The summed E-state index contributed by atoms with van der Waals surface area (Å²) in [4.78, 5) is 11.9. The molecule has 2 aromatic rings. The Kier molecular flexibility index (Phi) is 3.64. The lowest BCUT2D eigenvalue weighted by atomic mass is 10.2. The Morgan fingerprint density at radius 3 is 2.37 bits per heavy atom. The van der Waals surface area contributed by atoms with Gasteiger partial charge in [0.15, 0.2) is 0 Å². The standard InChI is InChI=1S/C14H14F2N2O/c1-9-3-4-13(18(9)2)14(19)17-8-10-5-11(15)7-12(16)6-10/h3-7H,8H2,1-2H3,(H,17,19). The highest BCUT2D eigenvalue weighted by molar-refractivity contribution is 5.92. The van der Waals surface area contributed by atoms with E-state index >= 15 is 0 Å². The summed E-state index contributed by atoms with van der Waals surface area (Å²) in [5.74, 6) is -1.59. The summed E-state index contributed by atoms with van der Waals surface area (Å²) in [6.45, 7) is 1.97. The van der Waals surface area contributed by atoms with Gasteiger partial charge in [0.1, 0.15) is 17.3 Å². The molecule has 1 heterocycles. The Morgan fingerprint density at radius 2 is 1.84 bits per heavy atom. The fourth-order valence-corrected chi connectivity index (χ4v) is 1.83. The third-order valence-corrected chi connectivity index (χ3v) is 2.98. The van der Waals surface area contributed by atoms with Gasteiger partial charge in [0.25, 0.3) is 5.91 Å².